The molecular formula is C19H34O5. The molecule has 1 rings (SSSR count). The minimum absolute atomic E-state index is 0.00166. The Bertz CT molecular complexity index is 447. The second-order valence-corrected chi connectivity index (χ2v) is 8.57. The van der Waals surface area contributed by atoms with Crippen LogP contribution in [0.1, 0.15) is 73.6 Å². The van der Waals surface area contributed by atoms with E-state index in [2.05, 4.69) is 32.4 Å². The summed E-state index contributed by atoms with van der Waals surface area (Å²) in [6.07, 6.45) is 2.96. The van der Waals surface area contributed by atoms with Crippen LogP contribution in [0.3, 0.4) is 0 Å². The van der Waals surface area contributed by atoms with Crippen LogP contribution in [0.5, 0.6) is 0 Å². The van der Waals surface area contributed by atoms with E-state index in [-0.39, 0.29) is 35.8 Å². The van der Waals surface area contributed by atoms with Crippen LogP contribution in [0.25, 0.3) is 0 Å². The zero-order valence-corrected chi connectivity index (χ0v) is 16.4. The first-order valence-corrected chi connectivity index (χ1v) is 8.87. The van der Waals surface area contributed by atoms with Gasteiger partial charge in [-0.15, -0.1) is 0 Å². The Kier molecular flexibility index (Phi) is 6.85. The molecular weight excluding hydrogens is 308 g/mol. The topological polar surface area (TPSA) is 61.8 Å². The van der Waals surface area contributed by atoms with Crippen molar-refractivity contribution in [3.05, 3.63) is 0 Å². The second-order valence-electron chi connectivity index (χ2n) is 8.57. The van der Waals surface area contributed by atoms with Crippen LogP contribution in [-0.2, 0) is 23.8 Å². The van der Waals surface area contributed by atoms with Crippen LogP contribution in [-0.4, -0.2) is 31.9 Å². The third-order valence-corrected chi connectivity index (χ3v) is 5.08. The van der Waals surface area contributed by atoms with Crippen molar-refractivity contribution in [1.82, 2.24) is 0 Å². The summed E-state index contributed by atoms with van der Waals surface area (Å²) >= 11 is 0. The molecule has 0 aromatic heterocycles. The van der Waals surface area contributed by atoms with Crippen LogP contribution >= 0.6 is 0 Å². The average Bonchev–Trinajstić information content (AvgIpc) is 3.23. The van der Waals surface area contributed by atoms with Crippen molar-refractivity contribution in [1.29, 1.82) is 0 Å². The predicted octanol–water partition coefficient (Wildman–Crippen LogP) is 4.09. The monoisotopic (exact) mass is 342 g/mol. The molecule has 5 nitrogen and oxygen atoms in total. The molecule has 0 saturated heterocycles. The van der Waals surface area contributed by atoms with E-state index >= 15 is 0 Å². The maximum atomic E-state index is 13.0. The molecule has 1 aliphatic rings. The molecule has 0 N–H and O–H groups in total. The highest BCUT2D eigenvalue weighted by Crippen LogP contribution is 2.62. The summed E-state index contributed by atoms with van der Waals surface area (Å²) in [5, 5.41) is 0. The lowest BCUT2D eigenvalue weighted by molar-refractivity contribution is -0.196. The third-order valence-electron chi connectivity index (χ3n) is 5.08. The molecule has 0 spiro atoms. The van der Waals surface area contributed by atoms with E-state index in [4.69, 9.17) is 9.47 Å². The van der Waals surface area contributed by atoms with Gasteiger partial charge < -0.3 is 14.2 Å². The number of rotatable bonds is 9. The van der Waals surface area contributed by atoms with E-state index in [1.54, 1.807) is 0 Å². The normalized spacial score (nSPS) is 20.0. The fraction of sp³-hybridized carbons (Fsp3) is 0.895. The highest BCUT2D eigenvalue weighted by atomic mass is 16.7. The Labute approximate surface area is 146 Å². The summed E-state index contributed by atoms with van der Waals surface area (Å²) in [6.45, 7) is 12.7. The van der Waals surface area contributed by atoms with Crippen molar-refractivity contribution >= 4 is 11.9 Å². The van der Waals surface area contributed by atoms with E-state index in [1.165, 1.54) is 7.11 Å². The molecule has 1 saturated carbocycles. The number of esters is 2. The van der Waals surface area contributed by atoms with Crippen molar-refractivity contribution in [2.45, 2.75) is 79.9 Å². The molecule has 24 heavy (non-hydrogen) atoms. The maximum Gasteiger partial charge on any atom is 0.314 e. The van der Waals surface area contributed by atoms with Gasteiger partial charge >= 0.3 is 11.9 Å². The summed E-state index contributed by atoms with van der Waals surface area (Å²) in [7, 11) is 1.34. The summed E-state index contributed by atoms with van der Waals surface area (Å²) in [4.78, 5) is 24.1. The van der Waals surface area contributed by atoms with Gasteiger partial charge in [-0.1, -0.05) is 34.6 Å². The largest absolute Gasteiger partial charge is 0.469 e. The Hall–Kier alpha value is -1.10. The quantitative estimate of drug-likeness (QED) is 0.466. The second kappa shape index (κ2) is 7.85. The summed E-state index contributed by atoms with van der Waals surface area (Å²) in [6, 6.07) is 0. The van der Waals surface area contributed by atoms with Crippen molar-refractivity contribution in [3.8, 4) is 0 Å². The minimum atomic E-state index is -0.621. The first-order chi connectivity index (χ1) is 11.0. The summed E-state index contributed by atoms with van der Waals surface area (Å²) in [5.41, 5.74) is -0.487. The van der Waals surface area contributed by atoms with Gasteiger partial charge in [0, 0.05) is 6.42 Å². The van der Waals surface area contributed by atoms with Crippen LogP contribution in [0, 0.1) is 16.2 Å². The van der Waals surface area contributed by atoms with Crippen molar-refractivity contribution in [2.75, 3.05) is 13.7 Å². The fourth-order valence-electron chi connectivity index (χ4n) is 3.19. The van der Waals surface area contributed by atoms with Gasteiger partial charge in [-0.25, -0.2) is 0 Å². The summed E-state index contributed by atoms with van der Waals surface area (Å²) < 4.78 is 15.8. The molecule has 2 atom stereocenters. The molecule has 0 heterocycles. The van der Waals surface area contributed by atoms with Crippen molar-refractivity contribution < 1.29 is 23.8 Å². The Morgan fingerprint density at radius 1 is 1.17 bits per heavy atom. The first kappa shape index (κ1) is 20.9. The van der Waals surface area contributed by atoms with Gasteiger partial charge in [0.15, 0.2) is 0 Å². The van der Waals surface area contributed by atoms with Gasteiger partial charge in [0.05, 0.1) is 25.6 Å². The highest BCUT2D eigenvalue weighted by molar-refractivity contribution is 5.78. The van der Waals surface area contributed by atoms with Crippen LogP contribution in [0.2, 0.25) is 0 Å². The third kappa shape index (κ3) is 5.47. The molecule has 0 aromatic rings. The van der Waals surface area contributed by atoms with Crippen molar-refractivity contribution in [2.24, 2.45) is 16.2 Å². The van der Waals surface area contributed by atoms with Gasteiger partial charge in [0.25, 0.3) is 0 Å². The van der Waals surface area contributed by atoms with E-state index < -0.39 is 11.7 Å². The molecule has 0 amide bonds. The molecule has 0 aromatic carbocycles. The van der Waals surface area contributed by atoms with Gasteiger partial charge in [-0.05, 0) is 37.0 Å². The SMILES string of the molecule is CCC(OCCC(=O)OC)OC(=O)C(C)(CC(C)(C)C)C1(C)CC1. The standard InChI is InChI=1S/C19H34O5/c1-8-15(23-12-9-14(20)22-7)24-16(21)19(6,13-17(2,3)4)18(5)10-11-18/h15H,8-13H2,1-7H3. The van der Waals surface area contributed by atoms with Crippen LogP contribution in [0.4, 0.5) is 0 Å². The predicted molar refractivity (Wildman–Crippen MR) is 92.3 cm³/mol. The van der Waals surface area contributed by atoms with Crippen molar-refractivity contribution in [3.63, 3.8) is 0 Å². The van der Waals surface area contributed by atoms with Gasteiger partial charge in [0.2, 0.25) is 6.29 Å². The smallest absolute Gasteiger partial charge is 0.314 e. The number of methoxy groups -OCH3 is 1. The zero-order chi connectivity index (χ0) is 18.6. The van der Waals surface area contributed by atoms with Crippen LogP contribution < -0.4 is 0 Å². The molecule has 0 bridgehead atoms. The number of hydrogen-bond donors (Lipinski definition) is 0. The van der Waals surface area contributed by atoms with E-state index in [0.29, 0.717) is 6.42 Å². The zero-order valence-electron chi connectivity index (χ0n) is 16.4. The Morgan fingerprint density at radius 3 is 2.17 bits per heavy atom. The molecule has 0 radical (unpaired) electrons. The molecule has 0 aliphatic heterocycles. The number of ether oxygens (including phenoxy) is 3. The average molecular weight is 342 g/mol. The lowest BCUT2D eigenvalue weighted by Gasteiger charge is -2.39. The molecule has 2 unspecified atom stereocenters. The Balaban J connectivity index is 2.71. The van der Waals surface area contributed by atoms with E-state index in [0.717, 1.165) is 19.3 Å². The lowest BCUT2D eigenvalue weighted by atomic mass is 9.66. The van der Waals surface area contributed by atoms with Gasteiger partial charge in [-0.3, -0.25) is 9.59 Å². The van der Waals surface area contributed by atoms with Crippen LogP contribution in [0.15, 0.2) is 0 Å². The molecule has 1 aliphatic carbocycles. The number of carbonyl (C=O) groups excluding carboxylic acids is 2. The minimum Gasteiger partial charge on any atom is -0.469 e. The molecule has 140 valence electrons. The lowest BCUT2D eigenvalue weighted by Crippen LogP contribution is -2.42. The molecule has 5 heteroatoms. The highest BCUT2D eigenvalue weighted by Gasteiger charge is 2.59. The fourth-order valence-corrected chi connectivity index (χ4v) is 3.19. The van der Waals surface area contributed by atoms with E-state index in [9.17, 15) is 9.59 Å². The van der Waals surface area contributed by atoms with Gasteiger partial charge in [0.1, 0.15) is 0 Å². The maximum absolute atomic E-state index is 13.0. The van der Waals surface area contributed by atoms with E-state index in [1.807, 2.05) is 13.8 Å². The van der Waals surface area contributed by atoms with Gasteiger partial charge in [-0.2, -0.15) is 0 Å². The molecule has 1 fully saturated rings. The first-order valence-electron chi connectivity index (χ1n) is 8.87. The number of carbonyl (C=O) groups is 2. The summed E-state index contributed by atoms with van der Waals surface area (Å²) in [5.74, 6) is -0.526. The Morgan fingerprint density at radius 2 is 1.75 bits per heavy atom. The number of hydrogen-bond acceptors (Lipinski definition) is 5.